The number of furan rings is 1. The molecule has 4 heterocycles. The van der Waals surface area contributed by atoms with Gasteiger partial charge in [0, 0.05) is 18.7 Å². The molecule has 1 aliphatic heterocycles. The van der Waals surface area contributed by atoms with Gasteiger partial charge in [0.15, 0.2) is 5.65 Å². The van der Waals surface area contributed by atoms with E-state index in [9.17, 15) is 4.21 Å². The predicted molar refractivity (Wildman–Crippen MR) is 125 cm³/mol. The minimum Gasteiger partial charge on any atom is -0.472 e. The maximum absolute atomic E-state index is 12.4. The minimum absolute atomic E-state index is 0.557. The highest BCUT2D eigenvalue weighted by Gasteiger charge is 2.21. The van der Waals surface area contributed by atoms with Crippen molar-refractivity contribution in [2.75, 3.05) is 30.4 Å². The van der Waals surface area contributed by atoms with Crippen LogP contribution in [0.2, 0.25) is 0 Å². The first-order valence-electron chi connectivity index (χ1n) is 10.6. The van der Waals surface area contributed by atoms with Gasteiger partial charge in [-0.15, -0.1) is 0 Å². The first-order chi connectivity index (χ1) is 15.6. The Balaban J connectivity index is 1.59. The lowest BCUT2D eigenvalue weighted by atomic mass is 9.98. The molecule has 0 aliphatic carbocycles. The van der Waals surface area contributed by atoms with Crippen LogP contribution in [-0.4, -0.2) is 44.5 Å². The largest absolute Gasteiger partial charge is 0.472 e. The van der Waals surface area contributed by atoms with Crippen molar-refractivity contribution in [1.82, 2.24) is 24.9 Å². The highest BCUT2D eigenvalue weighted by Crippen LogP contribution is 2.36. The van der Waals surface area contributed by atoms with Crippen LogP contribution in [0.3, 0.4) is 0 Å². The summed E-state index contributed by atoms with van der Waals surface area (Å²) in [5.74, 6) is 1.35. The molecule has 1 unspecified atom stereocenters. The molecule has 0 amide bonds. The summed E-state index contributed by atoms with van der Waals surface area (Å²) in [6.45, 7) is 4.26. The monoisotopic (exact) mass is 451 g/mol. The second-order valence-electron chi connectivity index (χ2n) is 7.98. The van der Waals surface area contributed by atoms with E-state index in [1.54, 1.807) is 19.6 Å². The molecule has 4 aromatic rings. The summed E-state index contributed by atoms with van der Waals surface area (Å²) in [5.41, 5.74) is 4.11. The summed E-state index contributed by atoms with van der Waals surface area (Å²) in [6.07, 6.45) is 7.05. The Morgan fingerprint density at radius 1 is 1.22 bits per heavy atom. The molecule has 0 radical (unpaired) electrons. The fourth-order valence-electron chi connectivity index (χ4n) is 4.07. The number of piperidine rings is 1. The molecule has 1 aliphatic rings. The Morgan fingerprint density at radius 2 is 2.06 bits per heavy atom. The summed E-state index contributed by atoms with van der Waals surface area (Å²) in [5, 5.41) is 11.6. The van der Waals surface area contributed by atoms with Crippen molar-refractivity contribution in [1.29, 1.82) is 0 Å². The van der Waals surface area contributed by atoms with Gasteiger partial charge in [-0.05, 0) is 50.1 Å². The number of benzene rings is 1. The van der Waals surface area contributed by atoms with Crippen molar-refractivity contribution in [3.8, 4) is 11.3 Å². The quantitative estimate of drug-likeness (QED) is 0.408. The van der Waals surface area contributed by atoms with Gasteiger partial charge in [-0.3, -0.25) is 5.10 Å². The first-order valence-corrected chi connectivity index (χ1v) is 11.8. The Kier molecular flexibility index (Phi) is 5.62. The van der Waals surface area contributed by atoms with Gasteiger partial charge >= 0.3 is 0 Å². The number of hydrogen-bond acceptors (Lipinski definition) is 7. The molecule has 32 heavy (non-hydrogen) atoms. The smallest absolute Gasteiger partial charge is 0.186 e. The highest BCUT2D eigenvalue weighted by molar-refractivity contribution is 7.83. The van der Waals surface area contributed by atoms with E-state index in [0.29, 0.717) is 16.4 Å². The lowest BCUT2D eigenvalue weighted by Crippen LogP contribution is -2.33. The molecule has 1 saturated heterocycles. The minimum atomic E-state index is -1.30. The van der Waals surface area contributed by atoms with Gasteiger partial charge in [0.05, 0.1) is 39.9 Å². The molecule has 166 valence electrons. The van der Waals surface area contributed by atoms with Gasteiger partial charge in [0.25, 0.3) is 0 Å². The van der Waals surface area contributed by atoms with Crippen molar-refractivity contribution >= 4 is 39.2 Å². The maximum Gasteiger partial charge on any atom is 0.186 e. The van der Waals surface area contributed by atoms with Crippen molar-refractivity contribution < 1.29 is 8.63 Å². The van der Waals surface area contributed by atoms with Crippen molar-refractivity contribution in [2.45, 2.75) is 24.7 Å². The van der Waals surface area contributed by atoms with Crippen LogP contribution in [-0.2, 0) is 11.0 Å². The average Bonchev–Trinajstić information content (AvgIpc) is 3.49. The van der Waals surface area contributed by atoms with Crippen molar-refractivity contribution in [2.24, 2.45) is 5.92 Å². The SMILES string of the molecule is CNS(=O)c1ccc(N2CCC(C)CC2)c(Nc2ncnc3n[nH]c(-c4ccoc4)c23)c1. The van der Waals surface area contributed by atoms with Gasteiger partial charge in [0.2, 0.25) is 0 Å². The van der Waals surface area contributed by atoms with Crippen LogP contribution in [0.15, 0.2) is 52.4 Å². The van der Waals surface area contributed by atoms with Crippen LogP contribution in [0, 0.1) is 5.92 Å². The molecule has 3 N–H and O–H groups in total. The molecular formula is C22H25N7O2S. The zero-order valence-electron chi connectivity index (χ0n) is 18.0. The molecule has 3 aromatic heterocycles. The third-order valence-corrected chi connectivity index (χ3v) is 6.96. The van der Waals surface area contributed by atoms with Gasteiger partial charge in [-0.1, -0.05) is 6.92 Å². The van der Waals surface area contributed by atoms with Crippen LogP contribution in [0.4, 0.5) is 17.2 Å². The zero-order chi connectivity index (χ0) is 22.1. The summed E-state index contributed by atoms with van der Waals surface area (Å²) in [6, 6.07) is 7.73. The summed E-state index contributed by atoms with van der Waals surface area (Å²) in [7, 11) is 0.383. The molecule has 1 atom stereocenters. The molecule has 1 fully saturated rings. The average molecular weight is 452 g/mol. The van der Waals surface area contributed by atoms with E-state index >= 15 is 0 Å². The Bertz CT molecular complexity index is 1250. The number of nitrogens with zero attached hydrogens (tertiary/aromatic N) is 4. The van der Waals surface area contributed by atoms with Gasteiger partial charge < -0.3 is 14.6 Å². The van der Waals surface area contributed by atoms with Crippen LogP contribution < -0.4 is 14.9 Å². The maximum atomic E-state index is 12.4. The molecule has 5 rings (SSSR count). The third-order valence-electron chi connectivity index (χ3n) is 5.91. The van der Waals surface area contributed by atoms with E-state index < -0.39 is 11.0 Å². The first kappa shape index (κ1) is 20.7. The van der Waals surface area contributed by atoms with Crippen molar-refractivity contribution in [3.63, 3.8) is 0 Å². The standard InChI is InChI=1S/C22H25N7O2S/c1-14-5-8-29(9-6-14)18-4-3-16(32(30)23-2)11-17(18)26-21-19-20(15-7-10-31-12-15)27-28-22(19)25-13-24-21/h3-4,7,10-14,23H,5-6,8-9H2,1-2H3,(H2,24,25,26,27,28). The summed E-state index contributed by atoms with van der Waals surface area (Å²) in [4.78, 5) is 11.9. The predicted octanol–water partition coefficient (Wildman–Crippen LogP) is 3.83. The number of anilines is 3. The number of H-pyrrole nitrogens is 1. The van der Waals surface area contributed by atoms with E-state index in [-0.39, 0.29) is 0 Å². The van der Waals surface area contributed by atoms with Gasteiger partial charge in [-0.25, -0.2) is 18.9 Å². The highest BCUT2D eigenvalue weighted by atomic mass is 32.2. The van der Waals surface area contributed by atoms with Gasteiger partial charge in [-0.2, -0.15) is 5.10 Å². The van der Waals surface area contributed by atoms with E-state index in [0.717, 1.165) is 59.9 Å². The van der Waals surface area contributed by atoms with Crippen LogP contribution in [0.1, 0.15) is 19.8 Å². The van der Waals surface area contributed by atoms with Crippen LogP contribution in [0.5, 0.6) is 0 Å². The number of aromatic amines is 1. The normalized spacial score (nSPS) is 15.9. The molecule has 1 aromatic carbocycles. The number of rotatable bonds is 6. The van der Waals surface area contributed by atoms with Crippen molar-refractivity contribution in [3.05, 3.63) is 43.1 Å². The molecular weight excluding hydrogens is 426 g/mol. The zero-order valence-corrected chi connectivity index (χ0v) is 18.8. The molecule has 0 bridgehead atoms. The second kappa shape index (κ2) is 8.71. The lowest BCUT2D eigenvalue weighted by Gasteiger charge is -2.33. The Morgan fingerprint density at radius 3 is 2.81 bits per heavy atom. The van der Waals surface area contributed by atoms with E-state index in [2.05, 4.69) is 42.0 Å². The number of hydrogen-bond donors (Lipinski definition) is 3. The fourth-order valence-corrected chi connectivity index (χ4v) is 4.72. The number of aromatic nitrogens is 4. The Hall–Kier alpha value is -3.24. The van der Waals surface area contributed by atoms with E-state index in [4.69, 9.17) is 4.42 Å². The molecule has 10 heteroatoms. The van der Waals surface area contributed by atoms with Crippen LogP contribution >= 0.6 is 0 Å². The molecule has 9 nitrogen and oxygen atoms in total. The van der Waals surface area contributed by atoms with Crippen LogP contribution in [0.25, 0.3) is 22.3 Å². The Labute approximate surface area is 188 Å². The van der Waals surface area contributed by atoms with Gasteiger partial charge in [0.1, 0.15) is 23.1 Å². The number of fused-ring (bicyclic) bond motifs is 1. The topological polar surface area (TPSA) is 112 Å². The fraction of sp³-hybridized carbons (Fsp3) is 0.318. The summed E-state index contributed by atoms with van der Waals surface area (Å²) < 4.78 is 20.5. The third kappa shape index (κ3) is 3.87. The molecule has 0 saturated carbocycles. The second-order valence-corrected chi connectivity index (χ2v) is 9.40. The molecule has 0 spiro atoms. The van der Waals surface area contributed by atoms with E-state index in [1.165, 1.54) is 6.33 Å². The van der Waals surface area contributed by atoms with E-state index in [1.807, 2.05) is 24.3 Å². The summed E-state index contributed by atoms with van der Waals surface area (Å²) >= 11 is 0. The lowest BCUT2D eigenvalue weighted by molar-refractivity contribution is 0.438. The number of nitrogens with one attached hydrogen (secondary N) is 3.